The van der Waals surface area contributed by atoms with E-state index in [1.807, 2.05) is 25.1 Å². The van der Waals surface area contributed by atoms with Gasteiger partial charge in [0.25, 0.3) is 0 Å². The topological polar surface area (TPSA) is 44.5 Å². The first kappa shape index (κ1) is 12.5. The van der Waals surface area contributed by atoms with E-state index in [1.165, 1.54) is 5.56 Å². The Kier molecular flexibility index (Phi) is 5.08. The summed E-state index contributed by atoms with van der Waals surface area (Å²) in [4.78, 5) is 0. The first-order chi connectivity index (χ1) is 7.17. The summed E-state index contributed by atoms with van der Waals surface area (Å²) in [5.41, 5.74) is 6.75. The van der Waals surface area contributed by atoms with Crippen LogP contribution in [0, 0.1) is 6.92 Å². The normalized spacial score (nSPS) is 12.5. The van der Waals surface area contributed by atoms with E-state index in [9.17, 15) is 0 Å². The Hall–Kier alpha value is -0.580. The molecule has 0 fully saturated rings. The highest BCUT2D eigenvalue weighted by atomic mass is 79.9. The molecule has 1 aromatic rings. The van der Waals surface area contributed by atoms with E-state index in [0.717, 1.165) is 10.2 Å². The van der Waals surface area contributed by atoms with Crippen LogP contribution in [0.3, 0.4) is 0 Å². The average molecular weight is 274 g/mol. The van der Waals surface area contributed by atoms with Gasteiger partial charge in [0, 0.05) is 13.7 Å². The molecule has 1 aromatic carbocycles. The molecule has 3 nitrogen and oxygen atoms in total. The van der Waals surface area contributed by atoms with Gasteiger partial charge in [0.2, 0.25) is 0 Å². The van der Waals surface area contributed by atoms with Crippen LogP contribution in [0.5, 0.6) is 5.75 Å². The number of nitrogens with two attached hydrogens (primary N) is 1. The predicted molar refractivity (Wildman–Crippen MR) is 64.2 cm³/mol. The van der Waals surface area contributed by atoms with Crippen molar-refractivity contribution in [3.05, 3.63) is 28.2 Å². The number of hydrogen-bond acceptors (Lipinski definition) is 3. The van der Waals surface area contributed by atoms with Gasteiger partial charge in [0.05, 0.1) is 11.1 Å². The Morgan fingerprint density at radius 3 is 2.73 bits per heavy atom. The van der Waals surface area contributed by atoms with Crippen molar-refractivity contribution in [2.75, 3.05) is 20.3 Å². The summed E-state index contributed by atoms with van der Waals surface area (Å²) in [5.74, 6) is 0.799. The van der Waals surface area contributed by atoms with Crippen molar-refractivity contribution in [2.45, 2.75) is 13.0 Å². The number of methoxy groups -OCH3 is 1. The molecule has 0 heterocycles. The summed E-state index contributed by atoms with van der Waals surface area (Å²) in [6.45, 7) is 2.97. The van der Waals surface area contributed by atoms with Crippen LogP contribution in [0.2, 0.25) is 0 Å². The molecule has 0 saturated heterocycles. The van der Waals surface area contributed by atoms with Crippen LogP contribution in [0.15, 0.2) is 22.7 Å². The van der Waals surface area contributed by atoms with Gasteiger partial charge in [-0.25, -0.2) is 0 Å². The van der Waals surface area contributed by atoms with Gasteiger partial charge in [-0.3, -0.25) is 0 Å². The molecule has 0 aliphatic heterocycles. The van der Waals surface area contributed by atoms with E-state index >= 15 is 0 Å². The second-order valence-corrected chi connectivity index (χ2v) is 4.22. The predicted octanol–water partition coefficient (Wildman–Crippen LogP) is 2.11. The molecule has 2 N–H and O–H groups in total. The van der Waals surface area contributed by atoms with Crippen molar-refractivity contribution in [1.82, 2.24) is 0 Å². The quantitative estimate of drug-likeness (QED) is 0.894. The maximum absolute atomic E-state index is 5.69. The van der Waals surface area contributed by atoms with Crippen molar-refractivity contribution in [2.24, 2.45) is 5.73 Å². The number of rotatable bonds is 5. The molecule has 15 heavy (non-hydrogen) atoms. The summed E-state index contributed by atoms with van der Waals surface area (Å²) in [5, 5.41) is 0. The van der Waals surface area contributed by atoms with E-state index in [2.05, 4.69) is 15.9 Å². The van der Waals surface area contributed by atoms with Crippen LogP contribution < -0.4 is 10.5 Å². The molecule has 0 spiro atoms. The van der Waals surface area contributed by atoms with Crippen molar-refractivity contribution in [1.29, 1.82) is 0 Å². The Morgan fingerprint density at radius 1 is 1.47 bits per heavy atom. The second-order valence-electron chi connectivity index (χ2n) is 3.36. The number of halogens is 1. The van der Waals surface area contributed by atoms with Gasteiger partial charge in [-0.2, -0.15) is 0 Å². The zero-order valence-electron chi connectivity index (χ0n) is 9.00. The fourth-order valence-corrected chi connectivity index (χ4v) is 1.80. The fourth-order valence-electron chi connectivity index (χ4n) is 1.22. The average Bonchev–Trinajstić information content (AvgIpc) is 2.21. The maximum Gasteiger partial charge on any atom is 0.134 e. The molecule has 0 bridgehead atoms. The Morgan fingerprint density at radius 2 is 2.20 bits per heavy atom. The Bertz CT molecular complexity index is 317. The lowest BCUT2D eigenvalue weighted by Crippen LogP contribution is -2.31. The molecular weight excluding hydrogens is 258 g/mol. The highest BCUT2D eigenvalue weighted by Gasteiger charge is 2.10. The number of aryl methyl sites for hydroxylation is 1. The van der Waals surface area contributed by atoms with E-state index in [4.69, 9.17) is 15.2 Å². The summed E-state index contributed by atoms with van der Waals surface area (Å²) in [7, 11) is 1.64. The van der Waals surface area contributed by atoms with Gasteiger partial charge < -0.3 is 15.2 Å². The molecule has 84 valence electrons. The largest absolute Gasteiger partial charge is 0.486 e. The second kappa shape index (κ2) is 6.10. The highest BCUT2D eigenvalue weighted by Crippen LogP contribution is 2.26. The van der Waals surface area contributed by atoms with E-state index in [0.29, 0.717) is 13.2 Å². The number of ether oxygens (including phenoxy) is 2. The third-order valence-electron chi connectivity index (χ3n) is 2.00. The van der Waals surface area contributed by atoms with Crippen molar-refractivity contribution < 1.29 is 9.47 Å². The third-order valence-corrected chi connectivity index (χ3v) is 2.62. The first-order valence-corrected chi connectivity index (χ1v) is 5.58. The zero-order chi connectivity index (χ0) is 11.3. The van der Waals surface area contributed by atoms with Crippen molar-refractivity contribution in [3.8, 4) is 5.75 Å². The van der Waals surface area contributed by atoms with Gasteiger partial charge in [-0.15, -0.1) is 0 Å². The maximum atomic E-state index is 5.69. The molecule has 1 atom stereocenters. The molecule has 1 rings (SSSR count). The van der Waals surface area contributed by atoms with Crippen LogP contribution in [-0.4, -0.2) is 26.4 Å². The summed E-state index contributed by atoms with van der Waals surface area (Å²) >= 11 is 3.45. The van der Waals surface area contributed by atoms with Gasteiger partial charge >= 0.3 is 0 Å². The monoisotopic (exact) mass is 273 g/mol. The van der Waals surface area contributed by atoms with Crippen LogP contribution in [0.25, 0.3) is 0 Å². The highest BCUT2D eigenvalue weighted by molar-refractivity contribution is 9.10. The van der Waals surface area contributed by atoms with Crippen LogP contribution in [-0.2, 0) is 4.74 Å². The standard InChI is InChI=1S/C11H16BrNO2/c1-8-3-4-11(10(12)5-8)15-9(6-13)7-14-2/h3-5,9H,6-7,13H2,1-2H3. The summed E-state index contributed by atoms with van der Waals surface area (Å²) < 4.78 is 11.6. The minimum atomic E-state index is -0.103. The Balaban J connectivity index is 2.70. The molecular formula is C11H16BrNO2. The molecule has 0 radical (unpaired) electrons. The minimum absolute atomic E-state index is 0.103. The molecule has 0 saturated carbocycles. The SMILES string of the molecule is COCC(CN)Oc1ccc(C)cc1Br. The minimum Gasteiger partial charge on any atom is -0.486 e. The molecule has 0 aliphatic rings. The molecule has 4 heteroatoms. The van der Waals surface area contributed by atoms with Gasteiger partial charge in [-0.1, -0.05) is 6.07 Å². The van der Waals surface area contributed by atoms with Crippen molar-refractivity contribution in [3.63, 3.8) is 0 Å². The Labute approximate surface area is 98.7 Å². The third kappa shape index (κ3) is 3.81. The lowest BCUT2D eigenvalue weighted by Gasteiger charge is -2.17. The molecule has 1 unspecified atom stereocenters. The lowest BCUT2D eigenvalue weighted by molar-refractivity contribution is 0.0855. The first-order valence-electron chi connectivity index (χ1n) is 4.79. The van der Waals surface area contributed by atoms with E-state index in [-0.39, 0.29) is 6.10 Å². The molecule has 0 amide bonds. The lowest BCUT2D eigenvalue weighted by atomic mass is 10.2. The van der Waals surface area contributed by atoms with Crippen LogP contribution >= 0.6 is 15.9 Å². The van der Waals surface area contributed by atoms with Crippen LogP contribution in [0.4, 0.5) is 0 Å². The summed E-state index contributed by atoms with van der Waals surface area (Å²) in [6.07, 6.45) is -0.103. The van der Waals surface area contributed by atoms with Gasteiger partial charge in [0.15, 0.2) is 0 Å². The van der Waals surface area contributed by atoms with E-state index in [1.54, 1.807) is 7.11 Å². The smallest absolute Gasteiger partial charge is 0.134 e. The number of benzene rings is 1. The van der Waals surface area contributed by atoms with Gasteiger partial charge in [-0.05, 0) is 40.5 Å². The van der Waals surface area contributed by atoms with Crippen LogP contribution in [0.1, 0.15) is 5.56 Å². The van der Waals surface area contributed by atoms with Gasteiger partial charge in [0.1, 0.15) is 11.9 Å². The summed E-state index contributed by atoms with van der Waals surface area (Å²) in [6, 6.07) is 5.94. The fraction of sp³-hybridized carbons (Fsp3) is 0.455. The van der Waals surface area contributed by atoms with Crippen molar-refractivity contribution >= 4 is 15.9 Å². The van der Waals surface area contributed by atoms with E-state index < -0.39 is 0 Å². The number of hydrogen-bond donors (Lipinski definition) is 1. The molecule has 0 aromatic heterocycles. The molecule has 0 aliphatic carbocycles. The zero-order valence-corrected chi connectivity index (χ0v) is 10.6.